The van der Waals surface area contributed by atoms with Crippen molar-refractivity contribution in [3.05, 3.63) is 81.3 Å². The first-order valence-corrected chi connectivity index (χ1v) is 10.9. The van der Waals surface area contributed by atoms with E-state index in [1.165, 1.54) is 5.56 Å². The summed E-state index contributed by atoms with van der Waals surface area (Å²) in [5.74, 6) is 0.710. The van der Waals surface area contributed by atoms with Crippen LogP contribution in [0.15, 0.2) is 59.6 Å². The Bertz CT molecular complexity index is 1520. The van der Waals surface area contributed by atoms with Crippen LogP contribution in [0.2, 0.25) is 0 Å². The lowest BCUT2D eigenvalue weighted by molar-refractivity contribution is 1.06. The summed E-state index contributed by atoms with van der Waals surface area (Å²) < 4.78 is 0. The molecule has 5 aromatic rings. The molecule has 1 aromatic carbocycles. The van der Waals surface area contributed by atoms with Gasteiger partial charge < -0.3 is 4.98 Å². The van der Waals surface area contributed by atoms with Gasteiger partial charge in [-0.25, -0.2) is 4.98 Å². The SMILES string of the molecule is C=c1c(-c2nc3c(-c4ccsc4)cccc3[nH]2)n[nH]/c1=C/C=C(\C)c1cncc(C)c1. The van der Waals surface area contributed by atoms with Crippen LogP contribution in [-0.4, -0.2) is 25.1 Å². The summed E-state index contributed by atoms with van der Waals surface area (Å²) in [5.41, 5.74) is 8.28. The van der Waals surface area contributed by atoms with Crippen LogP contribution < -0.4 is 10.6 Å². The van der Waals surface area contributed by atoms with Gasteiger partial charge in [0.05, 0.1) is 16.4 Å². The first-order chi connectivity index (χ1) is 15.1. The number of nitrogens with one attached hydrogen (secondary N) is 2. The maximum atomic E-state index is 4.85. The lowest BCUT2D eigenvalue weighted by Crippen LogP contribution is -2.21. The number of benzene rings is 1. The molecule has 0 fully saturated rings. The largest absolute Gasteiger partial charge is 0.337 e. The van der Waals surface area contributed by atoms with Crippen molar-refractivity contribution in [1.29, 1.82) is 0 Å². The van der Waals surface area contributed by atoms with Gasteiger partial charge in [0.1, 0.15) is 5.69 Å². The zero-order valence-electron chi connectivity index (χ0n) is 17.3. The molecule has 5 nitrogen and oxygen atoms in total. The maximum absolute atomic E-state index is 4.85. The number of hydrogen-bond acceptors (Lipinski definition) is 4. The molecule has 0 aliphatic rings. The molecule has 31 heavy (non-hydrogen) atoms. The highest BCUT2D eigenvalue weighted by Crippen LogP contribution is 2.29. The quantitative estimate of drug-likeness (QED) is 0.441. The highest BCUT2D eigenvalue weighted by atomic mass is 32.1. The Balaban J connectivity index is 1.54. The molecule has 0 aliphatic heterocycles. The van der Waals surface area contributed by atoms with E-state index in [-0.39, 0.29) is 0 Å². The summed E-state index contributed by atoms with van der Waals surface area (Å²) in [7, 11) is 0. The molecule has 0 saturated heterocycles. The predicted molar refractivity (Wildman–Crippen MR) is 129 cm³/mol. The van der Waals surface area contributed by atoms with Crippen molar-refractivity contribution in [1.82, 2.24) is 25.1 Å². The Hall–Kier alpha value is -3.77. The summed E-state index contributed by atoms with van der Waals surface area (Å²) >= 11 is 1.68. The van der Waals surface area contributed by atoms with E-state index in [2.05, 4.69) is 68.7 Å². The van der Waals surface area contributed by atoms with Crippen LogP contribution in [0.4, 0.5) is 0 Å². The molecule has 6 heteroatoms. The van der Waals surface area contributed by atoms with Crippen LogP contribution in [0.1, 0.15) is 18.1 Å². The zero-order valence-corrected chi connectivity index (χ0v) is 18.1. The van der Waals surface area contributed by atoms with E-state index in [0.29, 0.717) is 5.82 Å². The third-order valence-corrected chi connectivity index (χ3v) is 5.98. The van der Waals surface area contributed by atoms with Crippen molar-refractivity contribution in [2.75, 3.05) is 0 Å². The molecule has 4 heterocycles. The van der Waals surface area contributed by atoms with E-state index in [1.807, 2.05) is 37.5 Å². The molecule has 0 amide bonds. The summed E-state index contributed by atoms with van der Waals surface area (Å²) in [6.07, 6.45) is 7.77. The molecule has 0 saturated carbocycles. The molecular formula is C25H21N5S. The summed E-state index contributed by atoms with van der Waals surface area (Å²) in [5, 5.41) is 13.5. The first kappa shape index (κ1) is 19.2. The average Bonchev–Trinajstić information content (AvgIpc) is 3.51. The first-order valence-electron chi connectivity index (χ1n) is 9.96. The standard InChI is InChI=1S/C25H21N5S/c1-15-11-19(13-26-12-15)16(2)7-8-21-17(3)23(30-29-21)25-27-22-6-4-5-20(24(22)28-25)18-9-10-31-14-18/h4-14,29H,3H2,1-2H3,(H,27,28)/b16-7+,21-8+. The molecule has 5 rings (SSSR count). The van der Waals surface area contributed by atoms with E-state index >= 15 is 0 Å². The van der Waals surface area contributed by atoms with Gasteiger partial charge in [-0.15, -0.1) is 0 Å². The number of rotatable bonds is 4. The molecule has 2 N–H and O–H groups in total. The number of H-pyrrole nitrogens is 2. The molecule has 152 valence electrons. The monoisotopic (exact) mass is 423 g/mol. The van der Waals surface area contributed by atoms with E-state index in [1.54, 1.807) is 11.3 Å². The van der Waals surface area contributed by atoms with Crippen molar-refractivity contribution in [2.24, 2.45) is 0 Å². The third kappa shape index (κ3) is 3.62. The predicted octanol–water partition coefficient (Wildman–Crippen LogP) is 4.68. The minimum atomic E-state index is 0.710. The lowest BCUT2D eigenvalue weighted by Gasteiger charge is -2.00. The smallest absolute Gasteiger partial charge is 0.159 e. The van der Waals surface area contributed by atoms with Gasteiger partial charge in [-0.2, -0.15) is 16.4 Å². The van der Waals surface area contributed by atoms with Crippen molar-refractivity contribution in [3.8, 4) is 22.6 Å². The highest BCUT2D eigenvalue weighted by Gasteiger charge is 2.13. The summed E-state index contributed by atoms with van der Waals surface area (Å²) in [4.78, 5) is 12.5. The number of aryl methyl sites for hydroxylation is 1. The van der Waals surface area contributed by atoms with Crippen LogP contribution in [-0.2, 0) is 0 Å². The van der Waals surface area contributed by atoms with Crippen LogP contribution in [0.5, 0.6) is 0 Å². The Morgan fingerprint density at radius 3 is 2.90 bits per heavy atom. The zero-order chi connectivity index (χ0) is 21.4. The van der Waals surface area contributed by atoms with Gasteiger partial charge in [0.15, 0.2) is 5.82 Å². The fourth-order valence-electron chi connectivity index (χ4n) is 3.58. The number of aromatic amines is 2. The Kier molecular flexibility index (Phi) is 4.84. The topological polar surface area (TPSA) is 70.2 Å². The van der Waals surface area contributed by atoms with Gasteiger partial charge in [-0.3, -0.25) is 10.1 Å². The second-order valence-electron chi connectivity index (χ2n) is 7.53. The maximum Gasteiger partial charge on any atom is 0.159 e. The van der Waals surface area contributed by atoms with Gasteiger partial charge in [0.2, 0.25) is 0 Å². The fourth-order valence-corrected chi connectivity index (χ4v) is 4.24. The number of hydrogen-bond donors (Lipinski definition) is 2. The number of allylic oxidation sites excluding steroid dienone is 2. The van der Waals surface area contributed by atoms with Crippen LogP contribution >= 0.6 is 11.3 Å². The highest BCUT2D eigenvalue weighted by molar-refractivity contribution is 7.08. The number of para-hydroxylation sites is 1. The molecule has 0 spiro atoms. The van der Waals surface area contributed by atoms with E-state index < -0.39 is 0 Å². The van der Waals surface area contributed by atoms with Gasteiger partial charge >= 0.3 is 0 Å². The Morgan fingerprint density at radius 1 is 1.19 bits per heavy atom. The third-order valence-electron chi connectivity index (χ3n) is 5.30. The van der Waals surface area contributed by atoms with Crippen molar-refractivity contribution >= 4 is 40.6 Å². The molecule has 0 aliphatic carbocycles. The van der Waals surface area contributed by atoms with Crippen molar-refractivity contribution in [3.63, 3.8) is 0 Å². The van der Waals surface area contributed by atoms with E-state index in [4.69, 9.17) is 4.98 Å². The number of pyridine rings is 1. The second kappa shape index (κ2) is 7.81. The van der Waals surface area contributed by atoms with Crippen LogP contribution in [0, 0.1) is 6.92 Å². The fraction of sp³-hybridized carbons (Fsp3) is 0.0800. The van der Waals surface area contributed by atoms with Gasteiger partial charge in [-0.05, 0) is 71.1 Å². The minimum Gasteiger partial charge on any atom is -0.337 e. The summed E-state index contributed by atoms with van der Waals surface area (Å²) in [6.45, 7) is 8.35. The van der Waals surface area contributed by atoms with Gasteiger partial charge in [0.25, 0.3) is 0 Å². The second-order valence-corrected chi connectivity index (χ2v) is 8.31. The van der Waals surface area contributed by atoms with Gasteiger partial charge in [-0.1, -0.05) is 24.8 Å². The molecular weight excluding hydrogens is 402 g/mol. The average molecular weight is 424 g/mol. The molecule has 0 atom stereocenters. The van der Waals surface area contributed by atoms with Crippen molar-refractivity contribution in [2.45, 2.75) is 13.8 Å². The molecule has 0 radical (unpaired) electrons. The molecule has 0 unspecified atom stereocenters. The number of fused-ring (bicyclic) bond motifs is 1. The Labute approximate surface area is 183 Å². The summed E-state index contributed by atoms with van der Waals surface area (Å²) in [6, 6.07) is 10.4. The molecule has 0 bridgehead atoms. The normalized spacial score (nSPS) is 12.7. The number of thiophene rings is 1. The van der Waals surface area contributed by atoms with Crippen LogP contribution in [0.25, 0.3) is 51.9 Å². The van der Waals surface area contributed by atoms with Crippen LogP contribution in [0.3, 0.4) is 0 Å². The lowest BCUT2D eigenvalue weighted by atomic mass is 10.1. The minimum absolute atomic E-state index is 0.710. The van der Waals surface area contributed by atoms with E-state index in [9.17, 15) is 0 Å². The Morgan fingerprint density at radius 2 is 2.10 bits per heavy atom. The van der Waals surface area contributed by atoms with E-state index in [0.717, 1.165) is 49.6 Å². The number of imidazole rings is 1. The number of nitrogens with zero attached hydrogens (tertiary/aromatic N) is 3. The molecule has 4 aromatic heterocycles. The van der Waals surface area contributed by atoms with Crippen molar-refractivity contribution < 1.29 is 0 Å². The number of aromatic nitrogens is 5. The van der Waals surface area contributed by atoms with Gasteiger partial charge in [0, 0.05) is 23.2 Å².